The number of hydrogen-bond donors (Lipinski definition) is 2. The molecule has 1 aliphatic heterocycles. The van der Waals surface area contributed by atoms with E-state index in [4.69, 9.17) is 15.5 Å². The first-order chi connectivity index (χ1) is 9.86. The number of benzene rings is 1. The number of fused-ring (bicyclic) bond motifs is 1. The minimum atomic E-state index is -1.70. The quantitative estimate of drug-likeness (QED) is 0.846. The van der Waals surface area contributed by atoms with Gasteiger partial charge < -0.3 is 15.1 Å². The second-order valence-corrected chi connectivity index (χ2v) is 4.43. The summed E-state index contributed by atoms with van der Waals surface area (Å²) in [5.74, 6) is -4.44. The molecule has 21 heavy (non-hydrogen) atoms. The highest BCUT2D eigenvalue weighted by Gasteiger charge is 2.44. The summed E-state index contributed by atoms with van der Waals surface area (Å²) in [5, 5.41) is 27.0. The van der Waals surface area contributed by atoms with Gasteiger partial charge in [-0.2, -0.15) is 5.26 Å². The maximum Gasteiger partial charge on any atom is 0.327 e. The number of aliphatic carboxylic acids is 2. The van der Waals surface area contributed by atoms with Crippen LogP contribution in [0.3, 0.4) is 0 Å². The summed E-state index contributed by atoms with van der Waals surface area (Å²) in [6.45, 7) is 0. The average Bonchev–Trinajstić information content (AvgIpc) is 2.67. The molecule has 0 saturated heterocycles. The molecule has 0 spiro atoms. The predicted octanol–water partition coefficient (Wildman–Crippen LogP) is 0.774. The van der Waals surface area contributed by atoms with Gasteiger partial charge in [0.15, 0.2) is 0 Å². The number of carbonyl (C=O) groups is 3. The van der Waals surface area contributed by atoms with Gasteiger partial charge in [0, 0.05) is 11.1 Å². The van der Waals surface area contributed by atoms with Crippen molar-refractivity contribution in [2.45, 2.75) is 18.5 Å². The van der Waals surface area contributed by atoms with Gasteiger partial charge in [-0.1, -0.05) is 0 Å². The Morgan fingerprint density at radius 2 is 2.10 bits per heavy atom. The van der Waals surface area contributed by atoms with Crippen molar-refractivity contribution in [2.75, 3.05) is 0 Å². The van der Waals surface area contributed by atoms with Crippen LogP contribution in [0.5, 0.6) is 0 Å². The molecule has 0 radical (unpaired) electrons. The SMILES string of the molecule is N#CC1c2cc(F)ccc2C(=O)N1C(CC(=O)O)C(=O)O. The largest absolute Gasteiger partial charge is 0.481 e. The van der Waals surface area contributed by atoms with E-state index in [1.54, 1.807) is 6.07 Å². The summed E-state index contributed by atoms with van der Waals surface area (Å²) in [6.07, 6.45) is -0.851. The predicted molar refractivity (Wildman–Crippen MR) is 64.6 cm³/mol. The molecular weight excluding hydrogens is 283 g/mol. The van der Waals surface area contributed by atoms with E-state index in [0.717, 1.165) is 18.2 Å². The van der Waals surface area contributed by atoms with Gasteiger partial charge in [0.25, 0.3) is 5.91 Å². The second kappa shape index (κ2) is 5.20. The van der Waals surface area contributed by atoms with E-state index in [1.165, 1.54) is 0 Å². The van der Waals surface area contributed by atoms with Crippen molar-refractivity contribution in [3.05, 3.63) is 35.1 Å². The summed E-state index contributed by atoms with van der Waals surface area (Å²) in [7, 11) is 0. The highest BCUT2D eigenvalue weighted by atomic mass is 19.1. The average molecular weight is 292 g/mol. The topological polar surface area (TPSA) is 119 Å². The molecule has 0 aliphatic carbocycles. The zero-order chi connectivity index (χ0) is 15.7. The van der Waals surface area contributed by atoms with Crippen molar-refractivity contribution >= 4 is 17.8 Å². The zero-order valence-electron chi connectivity index (χ0n) is 10.5. The highest BCUT2D eigenvalue weighted by molar-refractivity contribution is 6.02. The van der Waals surface area contributed by atoms with Gasteiger partial charge in [-0.15, -0.1) is 0 Å². The third kappa shape index (κ3) is 2.41. The molecule has 2 unspecified atom stereocenters. The maximum absolute atomic E-state index is 13.2. The molecule has 1 aromatic rings. The molecule has 1 aliphatic rings. The van der Waals surface area contributed by atoms with E-state index < -0.39 is 42.2 Å². The third-order valence-electron chi connectivity index (χ3n) is 3.16. The lowest BCUT2D eigenvalue weighted by Gasteiger charge is -2.26. The van der Waals surface area contributed by atoms with Crippen LogP contribution in [0.25, 0.3) is 0 Å². The van der Waals surface area contributed by atoms with Crippen molar-refractivity contribution < 1.29 is 29.0 Å². The number of nitrogens with zero attached hydrogens (tertiary/aromatic N) is 2. The van der Waals surface area contributed by atoms with Crippen LogP contribution < -0.4 is 0 Å². The number of carbonyl (C=O) groups excluding carboxylic acids is 1. The zero-order valence-corrected chi connectivity index (χ0v) is 10.5. The van der Waals surface area contributed by atoms with Crippen LogP contribution in [0.2, 0.25) is 0 Å². The molecule has 1 heterocycles. The van der Waals surface area contributed by atoms with Gasteiger partial charge >= 0.3 is 11.9 Å². The van der Waals surface area contributed by atoms with Crippen LogP contribution in [-0.2, 0) is 9.59 Å². The smallest absolute Gasteiger partial charge is 0.327 e. The van der Waals surface area contributed by atoms with E-state index in [-0.39, 0.29) is 11.1 Å². The van der Waals surface area contributed by atoms with Crippen LogP contribution in [0.4, 0.5) is 4.39 Å². The fourth-order valence-corrected chi connectivity index (χ4v) is 2.28. The maximum atomic E-state index is 13.2. The number of amides is 1. The Labute approximate surface area is 117 Å². The van der Waals surface area contributed by atoms with Crippen molar-refractivity contribution in [1.29, 1.82) is 5.26 Å². The van der Waals surface area contributed by atoms with Crippen LogP contribution in [-0.4, -0.2) is 39.0 Å². The molecule has 8 heteroatoms. The minimum absolute atomic E-state index is 0.000381. The van der Waals surface area contributed by atoms with Gasteiger partial charge in [0.2, 0.25) is 0 Å². The highest BCUT2D eigenvalue weighted by Crippen LogP contribution is 2.36. The third-order valence-corrected chi connectivity index (χ3v) is 3.16. The molecule has 0 aromatic heterocycles. The second-order valence-electron chi connectivity index (χ2n) is 4.43. The number of hydrogen-bond acceptors (Lipinski definition) is 4. The van der Waals surface area contributed by atoms with E-state index in [1.807, 2.05) is 0 Å². The number of carboxylic acids is 2. The van der Waals surface area contributed by atoms with Gasteiger partial charge in [-0.05, 0) is 18.2 Å². The monoisotopic (exact) mass is 292 g/mol. The summed E-state index contributed by atoms with van der Waals surface area (Å²) in [5.41, 5.74) is 0.0405. The number of rotatable bonds is 4. The molecule has 7 nitrogen and oxygen atoms in total. The molecular formula is C13H9FN2O5. The van der Waals surface area contributed by atoms with Crippen molar-refractivity contribution in [2.24, 2.45) is 0 Å². The van der Waals surface area contributed by atoms with Crippen LogP contribution in [0, 0.1) is 17.1 Å². The first-order valence-corrected chi connectivity index (χ1v) is 5.83. The number of halogens is 1. The van der Waals surface area contributed by atoms with E-state index in [2.05, 4.69) is 0 Å². The first kappa shape index (κ1) is 14.5. The Morgan fingerprint density at radius 3 is 2.62 bits per heavy atom. The number of nitriles is 1. The fraction of sp³-hybridized carbons (Fsp3) is 0.231. The molecule has 0 bridgehead atoms. The van der Waals surface area contributed by atoms with E-state index in [0.29, 0.717) is 4.90 Å². The standard InChI is InChI=1S/C13H9FN2O5/c14-6-1-2-7-8(3-6)10(5-15)16(12(7)19)9(13(20)21)4-11(17)18/h1-3,9-10H,4H2,(H,17,18)(H,20,21). The molecule has 2 atom stereocenters. The van der Waals surface area contributed by atoms with Crippen molar-refractivity contribution in [3.8, 4) is 6.07 Å². The van der Waals surface area contributed by atoms with Crippen LogP contribution >= 0.6 is 0 Å². The summed E-state index contributed by atoms with van der Waals surface area (Å²) in [4.78, 5) is 34.8. The van der Waals surface area contributed by atoms with E-state index in [9.17, 15) is 18.8 Å². The van der Waals surface area contributed by atoms with E-state index >= 15 is 0 Å². The Balaban J connectivity index is 2.50. The molecule has 1 aromatic carbocycles. The van der Waals surface area contributed by atoms with Gasteiger partial charge in [-0.25, -0.2) is 9.18 Å². The lowest BCUT2D eigenvalue weighted by molar-refractivity contribution is -0.149. The van der Waals surface area contributed by atoms with Gasteiger partial charge in [0.1, 0.15) is 17.9 Å². The number of carboxylic acid groups (broad SMARTS) is 2. The van der Waals surface area contributed by atoms with Crippen molar-refractivity contribution in [3.63, 3.8) is 0 Å². The van der Waals surface area contributed by atoms with Crippen LogP contribution in [0.15, 0.2) is 18.2 Å². The molecule has 0 fully saturated rings. The Morgan fingerprint density at radius 1 is 1.43 bits per heavy atom. The van der Waals surface area contributed by atoms with Crippen molar-refractivity contribution in [1.82, 2.24) is 4.90 Å². The normalized spacial score (nSPS) is 18.0. The lowest BCUT2D eigenvalue weighted by atomic mass is 10.0. The summed E-state index contributed by atoms with van der Waals surface area (Å²) < 4.78 is 13.2. The first-order valence-electron chi connectivity index (χ1n) is 5.83. The fourth-order valence-electron chi connectivity index (χ4n) is 2.28. The Bertz CT molecular complexity index is 682. The Kier molecular flexibility index (Phi) is 3.58. The molecule has 1 amide bonds. The lowest BCUT2D eigenvalue weighted by Crippen LogP contribution is -2.44. The molecule has 2 rings (SSSR count). The van der Waals surface area contributed by atoms with Gasteiger partial charge in [0.05, 0.1) is 12.5 Å². The Hall–Kier alpha value is -2.95. The molecule has 108 valence electrons. The minimum Gasteiger partial charge on any atom is -0.481 e. The molecule has 2 N–H and O–H groups in total. The summed E-state index contributed by atoms with van der Waals surface area (Å²) >= 11 is 0. The van der Waals surface area contributed by atoms with Gasteiger partial charge in [-0.3, -0.25) is 9.59 Å². The summed E-state index contributed by atoms with van der Waals surface area (Å²) in [6, 6.07) is 1.83. The molecule has 0 saturated carbocycles. The van der Waals surface area contributed by atoms with Crippen LogP contribution in [0.1, 0.15) is 28.4 Å².